The van der Waals surface area contributed by atoms with Crippen molar-refractivity contribution >= 4 is 22.8 Å². The zero-order valence-electron chi connectivity index (χ0n) is 17.6. The van der Waals surface area contributed by atoms with E-state index in [4.69, 9.17) is 0 Å². The van der Waals surface area contributed by atoms with Gasteiger partial charge in [-0.25, -0.2) is 9.97 Å². The fraction of sp³-hybridized carbons (Fsp3) is 0.435. The fourth-order valence-electron chi connectivity index (χ4n) is 4.22. The second-order valence-corrected chi connectivity index (χ2v) is 8.38. The van der Waals surface area contributed by atoms with Gasteiger partial charge in [-0.2, -0.15) is 0 Å². The van der Waals surface area contributed by atoms with Crippen LogP contribution in [0.15, 0.2) is 36.5 Å². The molecule has 1 atom stereocenters. The standard InChI is InChI=1S/C23H29N5O2/c1-16-12-17(2)22-18(13-16)26-19(27-22)7-8-21(29)25-14-23(30)9-5-11-28(15-23)20-6-3-4-10-24-20/h3-4,6,10,12-13,30H,5,7-9,11,14-15H2,1-2H3,(H,25,29)(H,26,27). The number of imidazole rings is 1. The van der Waals surface area contributed by atoms with Crippen molar-refractivity contribution in [3.05, 3.63) is 53.5 Å². The van der Waals surface area contributed by atoms with Crippen LogP contribution in [0.25, 0.3) is 11.0 Å². The molecule has 1 unspecified atom stereocenters. The molecule has 2 aromatic heterocycles. The number of carbonyl (C=O) groups is 1. The summed E-state index contributed by atoms with van der Waals surface area (Å²) in [5.41, 5.74) is 3.35. The number of amides is 1. The Morgan fingerprint density at radius 1 is 1.33 bits per heavy atom. The van der Waals surface area contributed by atoms with E-state index in [9.17, 15) is 9.90 Å². The van der Waals surface area contributed by atoms with Crippen molar-refractivity contribution in [2.45, 2.75) is 45.1 Å². The molecule has 0 bridgehead atoms. The molecule has 1 aromatic carbocycles. The number of β-amino-alcohol motifs (C(OH)–C–C–N with tert-alkyl or cyclic N) is 1. The lowest BCUT2D eigenvalue weighted by molar-refractivity contribution is -0.122. The number of piperidine rings is 1. The van der Waals surface area contributed by atoms with Gasteiger partial charge in [-0.15, -0.1) is 0 Å². The van der Waals surface area contributed by atoms with Gasteiger partial charge in [0.25, 0.3) is 0 Å². The van der Waals surface area contributed by atoms with Gasteiger partial charge in [0.2, 0.25) is 5.91 Å². The summed E-state index contributed by atoms with van der Waals surface area (Å²) < 4.78 is 0. The zero-order chi connectivity index (χ0) is 21.1. The maximum Gasteiger partial charge on any atom is 0.220 e. The molecule has 3 aromatic rings. The Labute approximate surface area is 176 Å². The zero-order valence-corrected chi connectivity index (χ0v) is 17.6. The van der Waals surface area contributed by atoms with Crippen molar-refractivity contribution in [3.63, 3.8) is 0 Å². The lowest BCUT2D eigenvalue weighted by Gasteiger charge is -2.39. The van der Waals surface area contributed by atoms with Gasteiger partial charge in [0.05, 0.1) is 16.6 Å². The van der Waals surface area contributed by atoms with Crippen LogP contribution < -0.4 is 10.2 Å². The van der Waals surface area contributed by atoms with Crippen LogP contribution in [0.1, 0.15) is 36.2 Å². The topological polar surface area (TPSA) is 94.1 Å². The summed E-state index contributed by atoms with van der Waals surface area (Å²) in [7, 11) is 0. The van der Waals surface area contributed by atoms with Crippen LogP contribution in [0.4, 0.5) is 5.82 Å². The van der Waals surface area contributed by atoms with Gasteiger partial charge in [0.15, 0.2) is 0 Å². The third-order valence-corrected chi connectivity index (χ3v) is 5.70. The van der Waals surface area contributed by atoms with Crippen molar-refractivity contribution in [1.29, 1.82) is 0 Å². The average Bonchev–Trinajstić information content (AvgIpc) is 3.15. The highest BCUT2D eigenvalue weighted by atomic mass is 16.3. The van der Waals surface area contributed by atoms with E-state index in [1.807, 2.05) is 25.1 Å². The number of aromatic nitrogens is 3. The smallest absolute Gasteiger partial charge is 0.220 e. The van der Waals surface area contributed by atoms with Crippen molar-refractivity contribution in [2.75, 3.05) is 24.5 Å². The summed E-state index contributed by atoms with van der Waals surface area (Å²) in [5.74, 6) is 1.59. The Balaban J connectivity index is 1.30. The normalized spacial score (nSPS) is 19.2. The number of pyridine rings is 1. The minimum absolute atomic E-state index is 0.0771. The van der Waals surface area contributed by atoms with Gasteiger partial charge >= 0.3 is 0 Å². The van der Waals surface area contributed by atoms with Crippen LogP contribution in [0.2, 0.25) is 0 Å². The van der Waals surface area contributed by atoms with Gasteiger partial charge in [-0.3, -0.25) is 4.79 Å². The van der Waals surface area contributed by atoms with E-state index in [2.05, 4.69) is 44.2 Å². The van der Waals surface area contributed by atoms with E-state index in [0.717, 1.165) is 41.2 Å². The number of nitrogens with one attached hydrogen (secondary N) is 2. The Hall–Kier alpha value is -2.93. The molecule has 0 spiro atoms. The maximum atomic E-state index is 12.4. The first-order chi connectivity index (χ1) is 14.4. The summed E-state index contributed by atoms with van der Waals surface area (Å²) in [5, 5.41) is 13.9. The third-order valence-electron chi connectivity index (χ3n) is 5.70. The quantitative estimate of drug-likeness (QED) is 0.584. The van der Waals surface area contributed by atoms with E-state index in [1.54, 1.807) is 6.20 Å². The van der Waals surface area contributed by atoms with Crippen molar-refractivity contribution < 1.29 is 9.90 Å². The molecule has 1 amide bonds. The number of aromatic amines is 1. The van der Waals surface area contributed by atoms with Gasteiger partial charge < -0.3 is 20.3 Å². The molecule has 7 heteroatoms. The van der Waals surface area contributed by atoms with E-state index < -0.39 is 5.60 Å². The summed E-state index contributed by atoms with van der Waals surface area (Å²) in [6, 6.07) is 9.95. The third kappa shape index (κ3) is 4.62. The number of hydrogen-bond acceptors (Lipinski definition) is 5. The molecule has 1 fully saturated rings. The van der Waals surface area contributed by atoms with Crippen LogP contribution in [0.5, 0.6) is 0 Å². The van der Waals surface area contributed by atoms with E-state index in [0.29, 0.717) is 25.8 Å². The lowest BCUT2D eigenvalue weighted by atomic mass is 9.92. The van der Waals surface area contributed by atoms with Crippen molar-refractivity contribution in [2.24, 2.45) is 0 Å². The molecule has 0 aliphatic carbocycles. The number of anilines is 1. The maximum absolute atomic E-state index is 12.4. The molecule has 1 saturated heterocycles. The molecule has 30 heavy (non-hydrogen) atoms. The predicted molar refractivity (Wildman–Crippen MR) is 118 cm³/mol. The average molecular weight is 408 g/mol. The highest BCUT2D eigenvalue weighted by Crippen LogP contribution is 2.24. The Morgan fingerprint density at radius 3 is 3.00 bits per heavy atom. The summed E-state index contributed by atoms with van der Waals surface area (Å²) in [6.07, 6.45) is 4.15. The monoisotopic (exact) mass is 407 g/mol. The summed E-state index contributed by atoms with van der Waals surface area (Å²) in [4.78, 5) is 26.8. The number of aliphatic hydroxyl groups is 1. The molecular formula is C23H29N5O2. The highest BCUT2D eigenvalue weighted by molar-refractivity contribution is 5.80. The van der Waals surface area contributed by atoms with Gasteiger partial charge in [0, 0.05) is 38.7 Å². The van der Waals surface area contributed by atoms with Crippen LogP contribution in [0, 0.1) is 13.8 Å². The van der Waals surface area contributed by atoms with Crippen molar-refractivity contribution in [1.82, 2.24) is 20.3 Å². The van der Waals surface area contributed by atoms with Gasteiger partial charge in [0.1, 0.15) is 11.6 Å². The Bertz CT molecular complexity index is 1030. The molecule has 0 radical (unpaired) electrons. The Morgan fingerprint density at radius 2 is 2.20 bits per heavy atom. The number of aryl methyl sites for hydroxylation is 3. The van der Waals surface area contributed by atoms with E-state index in [1.165, 1.54) is 5.56 Å². The molecule has 0 saturated carbocycles. The molecule has 1 aliphatic heterocycles. The molecule has 4 rings (SSSR count). The largest absolute Gasteiger partial charge is 0.386 e. The first kappa shape index (κ1) is 20.3. The second kappa shape index (κ2) is 8.44. The molecule has 158 valence electrons. The lowest BCUT2D eigenvalue weighted by Crippen LogP contribution is -2.54. The van der Waals surface area contributed by atoms with Crippen molar-refractivity contribution in [3.8, 4) is 0 Å². The van der Waals surface area contributed by atoms with E-state index in [-0.39, 0.29) is 12.5 Å². The molecule has 3 N–H and O–H groups in total. The predicted octanol–water partition coefficient (Wildman–Crippen LogP) is 2.66. The first-order valence-electron chi connectivity index (χ1n) is 10.5. The van der Waals surface area contributed by atoms with Crippen LogP contribution in [-0.2, 0) is 11.2 Å². The number of fused-ring (bicyclic) bond motifs is 1. The molecular weight excluding hydrogens is 378 g/mol. The summed E-state index contributed by atoms with van der Waals surface area (Å²) >= 11 is 0. The number of rotatable bonds is 6. The number of hydrogen-bond donors (Lipinski definition) is 3. The second-order valence-electron chi connectivity index (χ2n) is 8.38. The SMILES string of the molecule is Cc1cc(C)c2nc(CCC(=O)NCC3(O)CCCN(c4ccccn4)C3)[nH]c2c1. The molecule has 1 aliphatic rings. The fourth-order valence-corrected chi connectivity index (χ4v) is 4.22. The number of H-pyrrole nitrogens is 1. The molecule has 3 heterocycles. The summed E-state index contributed by atoms with van der Waals surface area (Å²) in [6.45, 7) is 5.68. The van der Waals surface area contributed by atoms with E-state index >= 15 is 0 Å². The number of carbonyl (C=O) groups excluding carboxylic acids is 1. The van der Waals surface area contributed by atoms with Crippen LogP contribution in [-0.4, -0.2) is 51.2 Å². The van der Waals surface area contributed by atoms with Gasteiger partial charge in [-0.05, 0) is 56.0 Å². The van der Waals surface area contributed by atoms with Crippen LogP contribution >= 0.6 is 0 Å². The Kier molecular flexibility index (Phi) is 5.72. The minimum Gasteiger partial charge on any atom is -0.386 e. The first-order valence-corrected chi connectivity index (χ1v) is 10.5. The highest BCUT2D eigenvalue weighted by Gasteiger charge is 2.34. The number of nitrogens with zero attached hydrogens (tertiary/aromatic N) is 3. The van der Waals surface area contributed by atoms with Gasteiger partial charge in [-0.1, -0.05) is 12.1 Å². The molecule has 7 nitrogen and oxygen atoms in total. The minimum atomic E-state index is -0.945. The number of benzene rings is 1. The van der Waals surface area contributed by atoms with Crippen LogP contribution in [0.3, 0.4) is 0 Å².